The Labute approximate surface area is 188 Å². The lowest BCUT2D eigenvalue weighted by Crippen LogP contribution is -2.24. The molecule has 0 aliphatic rings. The lowest BCUT2D eigenvalue weighted by molar-refractivity contribution is 0.0474. The van der Waals surface area contributed by atoms with Gasteiger partial charge in [0.05, 0.1) is 18.4 Å². The molecule has 0 unspecified atom stereocenters. The van der Waals surface area contributed by atoms with Crippen molar-refractivity contribution in [2.75, 3.05) is 12.4 Å². The first-order valence-electron chi connectivity index (χ1n) is 10.0. The third-order valence-corrected chi connectivity index (χ3v) is 4.85. The molecule has 0 radical (unpaired) electrons. The number of nitrogens with one attached hydrogen (secondary N) is 2. The smallest absolute Gasteiger partial charge is 0.340 e. The summed E-state index contributed by atoms with van der Waals surface area (Å²) in [7, 11) is 1.41. The van der Waals surface area contributed by atoms with E-state index in [0.29, 0.717) is 5.39 Å². The zero-order valence-corrected chi connectivity index (χ0v) is 17.9. The molecule has 2 aromatic carbocycles. The molecule has 1 amide bonds. The Morgan fingerprint density at radius 2 is 1.85 bits per heavy atom. The van der Waals surface area contributed by atoms with Crippen LogP contribution in [0.4, 0.5) is 5.69 Å². The number of carbonyl (C=O) groups is 2. The minimum absolute atomic E-state index is 0.0915. The fourth-order valence-electron chi connectivity index (χ4n) is 3.17. The van der Waals surface area contributed by atoms with Crippen LogP contribution in [0.25, 0.3) is 11.0 Å². The number of esters is 1. The largest absolute Gasteiger partial charge is 0.467 e. The predicted octanol–water partition coefficient (Wildman–Crippen LogP) is 3.24. The van der Waals surface area contributed by atoms with Gasteiger partial charge in [0.25, 0.3) is 11.5 Å². The second kappa shape index (κ2) is 9.31. The molecular weight excluding hydrogens is 424 g/mol. The minimum atomic E-state index is -0.684. The highest BCUT2D eigenvalue weighted by atomic mass is 16.5. The summed E-state index contributed by atoms with van der Waals surface area (Å²) in [5.41, 5.74) is 1.52. The molecular formula is C24H20N4O5. The lowest BCUT2D eigenvalue weighted by Gasteiger charge is -2.12. The maximum absolute atomic E-state index is 12.9. The number of carbonyl (C=O) groups excluding carboxylic acids is 2. The van der Waals surface area contributed by atoms with Crippen molar-refractivity contribution in [3.8, 4) is 6.01 Å². The van der Waals surface area contributed by atoms with Crippen molar-refractivity contribution in [2.24, 2.45) is 0 Å². The monoisotopic (exact) mass is 444 g/mol. The van der Waals surface area contributed by atoms with Crippen LogP contribution in [0.15, 0.2) is 65.6 Å². The number of aromatic amines is 1. The van der Waals surface area contributed by atoms with Crippen molar-refractivity contribution in [2.45, 2.75) is 13.5 Å². The number of ether oxygens (including phenoxy) is 2. The van der Waals surface area contributed by atoms with Crippen molar-refractivity contribution in [3.05, 3.63) is 93.4 Å². The van der Waals surface area contributed by atoms with Crippen LogP contribution in [0, 0.1) is 6.92 Å². The zero-order chi connectivity index (χ0) is 23.4. The van der Waals surface area contributed by atoms with E-state index in [-0.39, 0.29) is 35.1 Å². The molecule has 2 N–H and O–H groups in total. The van der Waals surface area contributed by atoms with Gasteiger partial charge in [-0.15, -0.1) is 0 Å². The first-order chi connectivity index (χ1) is 15.9. The Bertz CT molecular complexity index is 1400. The number of amides is 1. The van der Waals surface area contributed by atoms with Gasteiger partial charge in [0, 0.05) is 11.6 Å². The first kappa shape index (κ1) is 21.7. The summed E-state index contributed by atoms with van der Waals surface area (Å²) in [6.45, 7) is 1.91. The average Bonchev–Trinajstić information content (AvgIpc) is 2.82. The van der Waals surface area contributed by atoms with Crippen LogP contribution in [-0.4, -0.2) is 33.9 Å². The second-order valence-electron chi connectivity index (χ2n) is 7.24. The molecule has 9 heteroatoms. The fraction of sp³-hybridized carbons (Fsp3) is 0.125. The number of pyridine rings is 1. The number of methoxy groups -OCH3 is 1. The number of H-pyrrole nitrogens is 1. The number of fused-ring (bicyclic) bond motifs is 1. The average molecular weight is 444 g/mol. The van der Waals surface area contributed by atoms with Crippen LogP contribution in [-0.2, 0) is 11.3 Å². The van der Waals surface area contributed by atoms with Crippen LogP contribution in [0.2, 0.25) is 0 Å². The SMILES string of the molecule is COc1ncc2cc(C(=O)Nc3cc(C)ccc3C(=O)OCc3ccccc3)c(=O)[nH]c2n1. The summed E-state index contributed by atoms with van der Waals surface area (Å²) in [6.07, 6.45) is 1.44. The minimum Gasteiger partial charge on any atom is -0.467 e. The zero-order valence-electron chi connectivity index (χ0n) is 17.9. The van der Waals surface area contributed by atoms with Gasteiger partial charge in [-0.2, -0.15) is 4.98 Å². The van der Waals surface area contributed by atoms with Crippen LogP contribution < -0.4 is 15.6 Å². The van der Waals surface area contributed by atoms with E-state index in [0.717, 1.165) is 11.1 Å². The fourth-order valence-corrected chi connectivity index (χ4v) is 3.17. The summed E-state index contributed by atoms with van der Waals surface area (Å²) in [4.78, 5) is 48.7. The van der Waals surface area contributed by atoms with Crippen LogP contribution in [0.5, 0.6) is 6.01 Å². The molecule has 0 bridgehead atoms. The normalized spacial score (nSPS) is 10.6. The van der Waals surface area contributed by atoms with E-state index < -0.39 is 17.4 Å². The van der Waals surface area contributed by atoms with Crippen molar-refractivity contribution < 1.29 is 19.1 Å². The van der Waals surface area contributed by atoms with Crippen molar-refractivity contribution in [1.29, 1.82) is 0 Å². The number of hydrogen-bond donors (Lipinski definition) is 2. The van der Waals surface area contributed by atoms with Crippen LogP contribution in [0.3, 0.4) is 0 Å². The Morgan fingerprint density at radius 3 is 2.61 bits per heavy atom. The van der Waals surface area contributed by atoms with Crippen LogP contribution in [0.1, 0.15) is 31.8 Å². The summed E-state index contributed by atoms with van der Waals surface area (Å²) >= 11 is 0. The number of rotatable bonds is 6. The molecule has 4 aromatic rings. The molecule has 0 aliphatic heterocycles. The van der Waals surface area contributed by atoms with Crippen molar-refractivity contribution in [3.63, 3.8) is 0 Å². The maximum Gasteiger partial charge on any atom is 0.340 e. The number of anilines is 1. The topological polar surface area (TPSA) is 123 Å². The molecule has 166 valence electrons. The Morgan fingerprint density at radius 1 is 1.06 bits per heavy atom. The lowest BCUT2D eigenvalue weighted by atomic mass is 10.1. The van der Waals surface area contributed by atoms with Gasteiger partial charge in [0.1, 0.15) is 17.8 Å². The Balaban J connectivity index is 1.59. The molecule has 0 fully saturated rings. The molecule has 0 atom stereocenters. The van der Waals surface area contributed by atoms with Gasteiger partial charge in [0.2, 0.25) is 0 Å². The molecule has 0 aliphatic carbocycles. The van der Waals surface area contributed by atoms with Gasteiger partial charge < -0.3 is 19.8 Å². The van der Waals surface area contributed by atoms with E-state index in [2.05, 4.69) is 20.3 Å². The Kier molecular flexibility index (Phi) is 6.12. The number of hydrogen-bond acceptors (Lipinski definition) is 7. The van der Waals surface area contributed by atoms with Crippen molar-refractivity contribution >= 4 is 28.6 Å². The first-order valence-corrected chi connectivity index (χ1v) is 10.0. The maximum atomic E-state index is 12.9. The molecule has 0 saturated heterocycles. The van der Waals surface area contributed by atoms with E-state index in [4.69, 9.17) is 9.47 Å². The second-order valence-corrected chi connectivity index (χ2v) is 7.24. The van der Waals surface area contributed by atoms with Crippen molar-refractivity contribution in [1.82, 2.24) is 15.0 Å². The highest BCUT2D eigenvalue weighted by Crippen LogP contribution is 2.21. The van der Waals surface area contributed by atoms with Gasteiger partial charge in [-0.1, -0.05) is 36.4 Å². The number of nitrogens with zero attached hydrogens (tertiary/aromatic N) is 2. The molecule has 4 rings (SSSR count). The van der Waals surface area contributed by atoms with E-state index in [1.165, 1.54) is 19.4 Å². The van der Waals surface area contributed by atoms with Crippen LogP contribution >= 0.6 is 0 Å². The standard InChI is InChI=1S/C24H20N4O5/c1-14-8-9-17(23(31)33-13-15-6-4-3-5-7-15)19(10-14)26-21(29)18-11-16-12-25-24(32-2)28-20(16)27-22(18)30/h3-12H,13H2,1-2H3,(H,26,29)(H,25,27,28,30). The number of benzene rings is 2. The predicted molar refractivity (Wildman–Crippen MR) is 121 cm³/mol. The summed E-state index contributed by atoms with van der Waals surface area (Å²) < 4.78 is 10.3. The summed E-state index contributed by atoms with van der Waals surface area (Å²) in [5.74, 6) is -1.28. The van der Waals surface area contributed by atoms with Gasteiger partial charge in [0.15, 0.2) is 0 Å². The molecule has 0 saturated carbocycles. The van der Waals surface area contributed by atoms with Gasteiger partial charge in [-0.25, -0.2) is 9.78 Å². The molecule has 2 heterocycles. The molecule has 2 aromatic heterocycles. The molecule has 0 spiro atoms. The third kappa shape index (κ3) is 4.87. The number of aromatic nitrogens is 3. The summed E-state index contributed by atoms with van der Waals surface area (Å²) in [5, 5.41) is 3.10. The number of aryl methyl sites for hydroxylation is 1. The quantitative estimate of drug-likeness (QED) is 0.438. The summed E-state index contributed by atoms with van der Waals surface area (Å²) in [6, 6.07) is 15.7. The van der Waals surface area contributed by atoms with E-state index in [1.54, 1.807) is 18.2 Å². The Hall–Kier alpha value is -4.53. The van der Waals surface area contributed by atoms with Gasteiger partial charge in [-0.3, -0.25) is 9.59 Å². The molecule has 33 heavy (non-hydrogen) atoms. The van der Waals surface area contributed by atoms with Gasteiger partial charge in [-0.05, 0) is 36.2 Å². The highest BCUT2D eigenvalue weighted by Gasteiger charge is 2.19. The third-order valence-electron chi connectivity index (χ3n) is 4.85. The van der Waals surface area contributed by atoms with E-state index in [9.17, 15) is 14.4 Å². The highest BCUT2D eigenvalue weighted by molar-refractivity contribution is 6.08. The molecule has 9 nitrogen and oxygen atoms in total. The van der Waals surface area contributed by atoms with Gasteiger partial charge >= 0.3 is 12.0 Å². The van der Waals surface area contributed by atoms with E-state index in [1.807, 2.05) is 37.3 Å². The van der Waals surface area contributed by atoms with E-state index >= 15 is 0 Å².